The van der Waals surface area contributed by atoms with E-state index in [0.717, 1.165) is 29.8 Å². The van der Waals surface area contributed by atoms with Crippen molar-refractivity contribution in [3.05, 3.63) is 48.5 Å². The summed E-state index contributed by atoms with van der Waals surface area (Å²) < 4.78 is 5.46. The second kappa shape index (κ2) is 7.91. The van der Waals surface area contributed by atoms with Crippen LogP contribution in [0.15, 0.2) is 48.5 Å². The Bertz CT molecular complexity index is 776. The second-order valence-corrected chi connectivity index (χ2v) is 8.05. The van der Waals surface area contributed by atoms with Crippen LogP contribution in [-0.2, 0) is 4.74 Å². The molecule has 1 aliphatic heterocycles. The van der Waals surface area contributed by atoms with E-state index in [0.29, 0.717) is 13.1 Å². The van der Waals surface area contributed by atoms with E-state index >= 15 is 0 Å². The lowest BCUT2D eigenvalue weighted by atomic mass is 10.0. The summed E-state index contributed by atoms with van der Waals surface area (Å²) in [5.74, 6) is 0. The highest BCUT2D eigenvalue weighted by molar-refractivity contribution is 5.76. The number of carbonyl (C=O) groups excluding carboxylic acids is 1. The minimum absolute atomic E-state index is 0.230. The van der Waals surface area contributed by atoms with Crippen LogP contribution in [0.4, 0.5) is 16.2 Å². The Labute approximate surface area is 161 Å². The van der Waals surface area contributed by atoms with Gasteiger partial charge in [0.25, 0.3) is 0 Å². The molecule has 1 amide bonds. The number of hydrogen-bond acceptors (Lipinski definition) is 4. The summed E-state index contributed by atoms with van der Waals surface area (Å²) in [6, 6.07) is 16.6. The Morgan fingerprint density at radius 1 is 1.07 bits per heavy atom. The van der Waals surface area contributed by atoms with Crippen LogP contribution in [0.5, 0.6) is 0 Å². The van der Waals surface area contributed by atoms with E-state index in [1.165, 1.54) is 5.56 Å². The molecule has 0 atom stereocenters. The fourth-order valence-electron chi connectivity index (χ4n) is 3.24. The van der Waals surface area contributed by atoms with Crippen LogP contribution in [0.3, 0.4) is 0 Å². The predicted molar refractivity (Wildman–Crippen MR) is 111 cm³/mol. The van der Waals surface area contributed by atoms with Gasteiger partial charge in [-0.1, -0.05) is 36.4 Å². The highest BCUT2D eigenvalue weighted by Gasteiger charge is 2.27. The van der Waals surface area contributed by atoms with Crippen molar-refractivity contribution in [3.63, 3.8) is 0 Å². The van der Waals surface area contributed by atoms with Crippen molar-refractivity contribution in [2.45, 2.75) is 45.3 Å². The van der Waals surface area contributed by atoms with Crippen LogP contribution in [0.25, 0.3) is 11.1 Å². The monoisotopic (exact) mass is 367 g/mol. The zero-order chi connectivity index (χ0) is 19.4. The molecule has 0 spiro atoms. The zero-order valence-electron chi connectivity index (χ0n) is 16.4. The molecule has 1 heterocycles. The molecule has 1 aliphatic rings. The van der Waals surface area contributed by atoms with Crippen LogP contribution in [0, 0.1) is 0 Å². The smallest absolute Gasteiger partial charge is 0.410 e. The Balaban J connectivity index is 1.61. The predicted octanol–water partition coefficient (Wildman–Crippen LogP) is 4.75. The van der Waals surface area contributed by atoms with Gasteiger partial charge in [-0.25, -0.2) is 4.79 Å². The third-order valence-corrected chi connectivity index (χ3v) is 4.67. The van der Waals surface area contributed by atoms with Gasteiger partial charge in [-0.05, 0) is 56.9 Å². The lowest BCUT2D eigenvalue weighted by molar-refractivity contribution is 0.0210. The summed E-state index contributed by atoms with van der Waals surface area (Å²) in [6.45, 7) is 7.04. The number of nitrogens with zero attached hydrogens (tertiary/aromatic N) is 1. The van der Waals surface area contributed by atoms with Crippen molar-refractivity contribution in [1.82, 2.24) is 4.90 Å². The largest absolute Gasteiger partial charge is 0.444 e. The van der Waals surface area contributed by atoms with Crippen molar-refractivity contribution >= 4 is 17.5 Å². The van der Waals surface area contributed by atoms with Gasteiger partial charge in [0.2, 0.25) is 0 Å². The maximum atomic E-state index is 12.2. The molecule has 0 saturated carbocycles. The molecule has 1 saturated heterocycles. The van der Waals surface area contributed by atoms with Crippen molar-refractivity contribution in [1.29, 1.82) is 0 Å². The van der Waals surface area contributed by atoms with E-state index in [1.54, 1.807) is 4.90 Å². The second-order valence-electron chi connectivity index (χ2n) is 8.05. The lowest BCUT2D eigenvalue weighted by Gasteiger charge is -2.34. The van der Waals surface area contributed by atoms with E-state index in [-0.39, 0.29) is 12.1 Å². The first-order valence-electron chi connectivity index (χ1n) is 9.51. The van der Waals surface area contributed by atoms with Gasteiger partial charge in [-0.3, -0.25) is 0 Å². The lowest BCUT2D eigenvalue weighted by Crippen LogP contribution is -2.44. The maximum Gasteiger partial charge on any atom is 0.410 e. The number of rotatable bonds is 3. The molecule has 3 rings (SSSR count). The first-order chi connectivity index (χ1) is 12.8. The van der Waals surface area contributed by atoms with Crippen LogP contribution in [0.2, 0.25) is 0 Å². The number of nitrogens with two attached hydrogens (primary N) is 1. The third-order valence-electron chi connectivity index (χ3n) is 4.67. The molecular formula is C22H29N3O2. The number of benzene rings is 2. The van der Waals surface area contributed by atoms with Gasteiger partial charge in [0, 0.05) is 19.1 Å². The number of carbonyl (C=O) groups is 1. The van der Waals surface area contributed by atoms with Crippen molar-refractivity contribution in [3.8, 4) is 11.1 Å². The fraction of sp³-hybridized carbons (Fsp3) is 0.409. The van der Waals surface area contributed by atoms with Crippen molar-refractivity contribution in [2.24, 2.45) is 0 Å². The number of piperidine rings is 1. The first kappa shape index (κ1) is 19.1. The molecule has 0 unspecified atom stereocenters. The quantitative estimate of drug-likeness (QED) is 0.769. The highest BCUT2D eigenvalue weighted by atomic mass is 16.6. The molecule has 27 heavy (non-hydrogen) atoms. The van der Waals surface area contributed by atoms with E-state index in [1.807, 2.05) is 51.1 Å². The number of nitrogens with one attached hydrogen (secondary N) is 1. The molecule has 0 bridgehead atoms. The number of likely N-dealkylation sites (tertiary alicyclic amines) is 1. The summed E-state index contributed by atoms with van der Waals surface area (Å²) >= 11 is 0. The number of amides is 1. The Hall–Kier alpha value is -2.69. The van der Waals surface area contributed by atoms with Gasteiger partial charge in [0.1, 0.15) is 5.60 Å². The Kier molecular flexibility index (Phi) is 5.59. The fourth-order valence-corrected chi connectivity index (χ4v) is 3.24. The van der Waals surface area contributed by atoms with Crippen LogP contribution in [-0.4, -0.2) is 35.7 Å². The van der Waals surface area contributed by atoms with E-state index in [4.69, 9.17) is 10.5 Å². The Morgan fingerprint density at radius 2 is 1.74 bits per heavy atom. The SMILES string of the molecule is CC(C)(C)OC(=O)N1CCC(Nc2cc(-c3ccccc3)ccc2N)CC1. The Morgan fingerprint density at radius 3 is 2.37 bits per heavy atom. The summed E-state index contributed by atoms with van der Waals surface area (Å²) in [5.41, 5.74) is 9.72. The molecule has 0 aromatic heterocycles. The van der Waals surface area contributed by atoms with Gasteiger partial charge in [0.15, 0.2) is 0 Å². The molecule has 1 fully saturated rings. The van der Waals surface area contributed by atoms with Gasteiger partial charge in [-0.2, -0.15) is 0 Å². The average molecular weight is 367 g/mol. The number of ether oxygens (including phenoxy) is 1. The number of hydrogen-bond donors (Lipinski definition) is 2. The molecule has 144 valence electrons. The van der Waals surface area contributed by atoms with Crippen LogP contribution in [0.1, 0.15) is 33.6 Å². The minimum Gasteiger partial charge on any atom is -0.444 e. The molecule has 2 aromatic rings. The van der Waals surface area contributed by atoms with Crippen LogP contribution >= 0.6 is 0 Å². The third kappa shape index (κ3) is 5.16. The van der Waals surface area contributed by atoms with E-state index in [2.05, 4.69) is 23.5 Å². The van der Waals surface area contributed by atoms with Crippen molar-refractivity contribution in [2.75, 3.05) is 24.1 Å². The van der Waals surface area contributed by atoms with Crippen molar-refractivity contribution < 1.29 is 9.53 Å². The molecule has 5 nitrogen and oxygen atoms in total. The number of nitrogen functional groups attached to an aromatic ring is 1. The normalized spacial score (nSPS) is 15.4. The van der Waals surface area contributed by atoms with Gasteiger partial charge < -0.3 is 20.7 Å². The molecule has 0 radical (unpaired) electrons. The zero-order valence-corrected chi connectivity index (χ0v) is 16.4. The minimum atomic E-state index is -0.460. The average Bonchev–Trinajstić information content (AvgIpc) is 2.63. The van der Waals surface area contributed by atoms with Gasteiger partial charge in [-0.15, -0.1) is 0 Å². The van der Waals surface area contributed by atoms with Gasteiger partial charge in [0.05, 0.1) is 11.4 Å². The van der Waals surface area contributed by atoms with Gasteiger partial charge >= 0.3 is 6.09 Å². The highest BCUT2D eigenvalue weighted by Crippen LogP contribution is 2.29. The maximum absolute atomic E-state index is 12.2. The standard InChI is InChI=1S/C22H29N3O2/c1-22(2,3)27-21(26)25-13-11-18(12-14-25)24-20-15-17(9-10-19(20)23)16-7-5-4-6-8-16/h4-10,15,18,24H,11-14,23H2,1-3H3. The van der Waals surface area contributed by atoms with E-state index in [9.17, 15) is 4.79 Å². The summed E-state index contributed by atoms with van der Waals surface area (Å²) in [4.78, 5) is 14.0. The summed E-state index contributed by atoms with van der Waals surface area (Å²) in [5, 5.41) is 3.56. The number of anilines is 2. The molecule has 5 heteroatoms. The molecule has 2 aromatic carbocycles. The topological polar surface area (TPSA) is 67.6 Å². The van der Waals surface area contributed by atoms with Crippen LogP contribution < -0.4 is 11.1 Å². The summed E-state index contributed by atoms with van der Waals surface area (Å²) in [7, 11) is 0. The molecule has 0 aliphatic carbocycles. The molecular weight excluding hydrogens is 338 g/mol. The molecule has 3 N–H and O–H groups in total. The van der Waals surface area contributed by atoms with E-state index < -0.39 is 5.60 Å². The summed E-state index contributed by atoms with van der Waals surface area (Å²) in [6.07, 6.45) is 1.51. The first-order valence-corrected chi connectivity index (χ1v) is 9.51.